The normalized spacial score (nSPS) is 12.7. The first-order valence-electron chi connectivity index (χ1n) is 7.18. The Morgan fingerprint density at radius 1 is 1.33 bits per heavy atom. The van der Waals surface area contributed by atoms with E-state index in [-0.39, 0.29) is 12.0 Å². The van der Waals surface area contributed by atoms with Crippen LogP contribution in [0.25, 0.3) is 0 Å². The summed E-state index contributed by atoms with van der Waals surface area (Å²) in [6.07, 6.45) is 4.83. The van der Waals surface area contributed by atoms with Gasteiger partial charge in [0.2, 0.25) is 5.91 Å². The maximum Gasteiger partial charge on any atom is 0.220 e. The van der Waals surface area contributed by atoms with Gasteiger partial charge in [-0.3, -0.25) is 4.79 Å². The van der Waals surface area contributed by atoms with Gasteiger partial charge in [0.1, 0.15) is 0 Å². The highest BCUT2D eigenvalue weighted by atomic mass is 16.5. The quantitative estimate of drug-likeness (QED) is 0.558. The number of ether oxygens (including phenoxy) is 1. The number of hydrogen-bond donors (Lipinski definition) is 2. The van der Waals surface area contributed by atoms with Crippen LogP contribution in [0.1, 0.15) is 52.9 Å². The minimum absolute atomic E-state index is 0.148. The lowest BCUT2D eigenvalue weighted by atomic mass is 9.96. The molecule has 0 bridgehead atoms. The summed E-state index contributed by atoms with van der Waals surface area (Å²) in [5.41, 5.74) is 5.53. The molecule has 0 aliphatic heterocycles. The van der Waals surface area contributed by atoms with Crippen molar-refractivity contribution in [2.24, 2.45) is 11.7 Å². The van der Waals surface area contributed by atoms with Crippen molar-refractivity contribution in [3.05, 3.63) is 0 Å². The summed E-state index contributed by atoms with van der Waals surface area (Å²) in [6.45, 7) is 8.32. The summed E-state index contributed by atoms with van der Waals surface area (Å²) in [4.78, 5) is 11.6. The Hall–Kier alpha value is -0.610. The number of hydrogen-bond acceptors (Lipinski definition) is 3. The average molecular weight is 258 g/mol. The fraction of sp³-hybridized carbons (Fsp3) is 0.929. The van der Waals surface area contributed by atoms with Gasteiger partial charge in [-0.1, -0.05) is 13.3 Å². The van der Waals surface area contributed by atoms with E-state index in [4.69, 9.17) is 10.5 Å². The van der Waals surface area contributed by atoms with Crippen molar-refractivity contribution < 1.29 is 9.53 Å². The van der Waals surface area contributed by atoms with Crippen LogP contribution in [-0.2, 0) is 9.53 Å². The zero-order chi connectivity index (χ0) is 13.8. The molecule has 0 aliphatic carbocycles. The van der Waals surface area contributed by atoms with E-state index in [2.05, 4.69) is 12.2 Å². The molecule has 1 amide bonds. The van der Waals surface area contributed by atoms with Crippen LogP contribution < -0.4 is 11.1 Å². The van der Waals surface area contributed by atoms with E-state index in [0.717, 1.165) is 25.7 Å². The van der Waals surface area contributed by atoms with E-state index < -0.39 is 0 Å². The number of amides is 1. The minimum atomic E-state index is 0.148. The lowest BCUT2D eigenvalue weighted by Crippen LogP contribution is -2.26. The Kier molecular flexibility index (Phi) is 11.1. The molecule has 1 atom stereocenters. The minimum Gasteiger partial charge on any atom is -0.379 e. The fourth-order valence-corrected chi connectivity index (χ4v) is 1.83. The molecule has 0 aromatic rings. The van der Waals surface area contributed by atoms with Crippen LogP contribution in [0.2, 0.25) is 0 Å². The van der Waals surface area contributed by atoms with Gasteiger partial charge < -0.3 is 15.8 Å². The Morgan fingerprint density at radius 3 is 2.61 bits per heavy atom. The lowest BCUT2D eigenvalue weighted by molar-refractivity contribution is -0.121. The maximum atomic E-state index is 11.6. The van der Waals surface area contributed by atoms with Crippen LogP contribution in [-0.4, -0.2) is 31.7 Å². The highest BCUT2D eigenvalue weighted by molar-refractivity contribution is 5.75. The first-order chi connectivity index (χ1) is 8.60. The van der Waals surface area contributed by atoms with E-state index in [1.165, 1.54) is 0 Å². The average Bonchev–Trinajstić information content (AvgIpc) is 2.33. The number of nitrogens with two attached hydrogens (primary N) is 1. The molecule has 0 saturated heterocycles. The van der Waals surface area contributed by atoms with Crippen LogP contribution in [0.15, 0.2) is 0 Å². The summed E-state index contributed by atoms with van der Waals surface area (Å²) < 4.78 is 5.41. The molecule has 108 valence electrons. The first kappa shape index (κ1) is 17.4. The molecule has 0 spiro atoms. The van der Waals surface area contributed by atoms with Crippen LogP contribution in [0.4, 0.5) is 0 Å². The predicted molar refractivity (Wildman–Crippen MR) is 75.4 cm³/mol. The highest BCUT2D eigenvalue weighted by Gasteiger charge is 2.08. The van der Waals surface area contributed by atoms with Crippen LogP contribution in [0.3, 0.4) is 0 Å². The summed E-state index contributed by atoms with van der Waals surface area (Å²) in [7, 11) is 0. The predicted octanol–water partition coefficient (Wildman–Crippen LogP) is 2.07. The first-order valence-corrected chi connectivity index (χ1v) is 7.18. The number of nitrogens with one attached hydrogen (secondary N) is 1. The maximum absolute atomic E-state index is 11.6. The molecule has 0 radical (unpaired) electrons. The summed E-state index contributed by atoms with van der Waals surface area (Å²) in [5, 5.41) is 2.93. The standard InChI is InChI=1S/C14H30N2O2/c1-4-13(8-9-15)6-7-14(17)16-10-5-11-18-12(2)3/h12-13H,4-11,15H2,1-3H3,(H,16,17). The van der Waals surface area contributed by atoms with Gasteiger partial charge in [-0.2, -0.15) is 0 Å². The van der Waals surface area contributed by atoms with Gasteiger partial charge in [-0.05, 0) is 45.6 Å². The molecule has 0 saturated carbocycles. The summed E-state index contributed by atoms with van der Waals surface area (Å²) >= 11 is 0. The molecular weight excluding hydrogens is 228 g/mol. The van der Waals surface area contributed by atoms with Gasteiger partial charge in [0.05, 0.1) is 6.10 Å². The SMILES string of the molecule is CCC(CCN)CCC(=O)NCCCOC(C)C. The number of carbonyl (C=O) groups excluding carboxylic acids is 1. The Balaban J connectivity index is 3.47. The van der Waals surface area contributed by atoms with Gasteiger partial charge >= 0.3 is 0 Å². The topological polar surface area (TPSA) is 64.4 Å². The van der Waals surface area contributed by atoms with E-state index in [1.807, 2.05) is 13.8 Å². The molecule has 1 unspecified atom stereocenters. The van der Waals surface area contributed by atoms with Crippen molar-refractivity contribution in [1.82, 2.24) is 5.32 Å². The van der Waals surface area contributed by atoms with Gasteiger partial charge in [-0.15, -0.1) is 0 Å². The van der Waals surface area contributed by atoms with E-state index in [9.17, 15) is 4.79 Å². The van der Waals surface area contributed by atoms with E-state index in [1.54, 1.807) is 0 Å². The Morgan fingerprint density at radius 2 is 2.06 bits per heavy atom. The van der Waals surface area contributed by atoms with E-state index >= 15 is 0 Å². The van der Waals surface area contributed by atoms with Crippen LogP contribution >= 0.6 is 0 Å². The van der Waals surface area contributed by atoms with Crippen LogP contribution in [0, 0.1) is 5.92 Å². The van der Waals surface area contributed by atoms with Crippen molar-refractivity contribution in [1.29, 1.82) is 0 Å². The van der Waals surface area contributed by atoms with Gasteiger partial charge in [0.15, 0.2) is 0 Å². The summed E-state index contributed by atoms with van der Waals surface area (Å²) in [6, 6.07) is 0. The molecule has 0 aromatic carbocycles. The number of rotatable bonds is 11. The summed E-state index contributed by atoms with van der Waals surface area (Å²) in [5.74, 6) is 0.736. The molecule has 4 nitrogen and oxygen atoms in total. The van der Waals surface area contributed by atoms with Crippen molar-refractivity contribution in [3.63, 3.8) is 0 Å². The smallest absolute Gasteiger partial charge is 0.220 e. The van der Waals surface area contributed by atoms with E-state index in [0.29, 0.717) is 32.0 Å². The molecule has 0 rings (SSSR count). The molecule has 0 aliphatic rings. The second-order valence-corrected chi connectivity index (χ2v) is 5.01. The fourth-order valence-electron chi connectivity index (χ4n) is 1.83. The lowest BCUT2D eigenvalue weighted by Gasteiger charge is -2.13. The van der Waals surface area contributed by atoms with Crippen LogP contribution in [0.5, 0.6) is 0 Å². The molecule has 18 heavy (non-hydrogen) atoms. The third-order valence-electron chi connectivity index (χ3n) is 3.03. The highest BCUT2D eigenvalue weighted by Crippen LogP contribution is 2.14. The second kappa shape index (κ2) is 11.5. The molecule has 0 heterocycles. The second-order valence-electron chi connectivity index (χ2n) is 5.01. The molecule has 4 heteroatoms. The van der Waals surface area contributed by atoms with Crippen molar-refractivity contribution in [2.45, 2.75) is 59.0 Å². The van der Waals surface area contributed by atoms with Gasteiger partial charge in [0.25, 0.3) is 0 Å². The third kappa shape index (κ3) is 10.5. The molecule has 3 N–H and O–H groups in total. The Bertz CT molecular complexity index is 208. The largest absolute Gasteiger partial charge is 0.379 e. The van der Waals surface area contributed by atoms with Crippen molar-refractivity contribution in [3.8, 4) is 0 Å². The third-order valence-corrected chi connectivity index (χ3v) is 3.03. The zero-order valence-electron chi connectivity index (χ0n) is 12.2. The zero-order valence-corrected chi connectivity index (χ0v) is 12.2. The molecule has 0 aromatic heterocycles. The monoisotopic (exact) mass is 258 g/mol. The van der Waals surface area contributed by atoms with Gasteiger partial charge in [0, 0.05) is 19.6 Å². The molecule has 0 fully saturated rings. The van der Waals surface area contributed by atoms with Crippen molar-refractivity contribution in [2.75, 3.05) is 19.7 Å². The van der Waals surface area contributed by atoms with Crippen molar-refractivity contribution >= 4 is 5.91 Å². The number of carbonyl (C=O) groups is 1. The Labute approximate surface area is 112 Å². The molecular formula is C14H30N2O2. The van der Waals surface area contributed by atoms with Gasteiger partial charge in [-0.25, -0.2) is 0 Å².